The predicted octanol–water partition coefficient (Wildman–Crippen LogP) is 7.71. The molecule has 0 aromatic heterocycles. The summed E-state index contributed by atoms with van der Waals surface area (Å²) in [5.74, 6) is 0. The molecule has 0 spiro atoms. The highest BCUT2D eigenvalue weighted by molar-refractivity contribution is 6.93. The fourth-order valence-electron chi connectivity index (χ4n) is 4.05. The molecule has 1 N–H and O–H groups in total. The maximum Gasteiger partial charge on any atom is 0.118 e. The maximum atomic E-state index is 4.51. The molecule has 0 saturated carbocycles. The lowest BCUT2D eigenvalue weighted by Crippen LogP contribution is -2.63. The Balaban J connectivity index is 4.90. The summed E-state index contributed by atoms with van der Waals surface area (Å²) in [6, 6.07) is 8.84. The van der Waals surface area contributed by atoms with Gasteiger partial charge in [-0.05, 0) is 36.3 Å². The molecule has 0 heterocycles. The van der Waals surface area contributed by atoms with Crippen molar-refractivity contribution >= 4 is 16.5 Å². The minimum atomic E-state index is -1.26. The summed E-state index contributed by atoms with van der Waals surface area (Å²) in [6.07, 6.45) is 11.5. The summed E-state index contributed by atoms with van der Waals surface area (Å²) in [7, 11) is -2.46. The van der Waals surface area contributed by atoms with Gasteiger partial charge in [0.1, 0.15) is 16.5 Å². The molecule has 0 fully saturated rings. The molecule has 0 aliphatic rings. The van der Waals surface area contributed by atoms with Crippen LogP contribution in [0, 0.1) is 0 Å². The largest absolute Gasteiger partial charge is 0.359 e. The van der Waals surface area contributed by atoms with Gasteiger partial charge in [-0.2, -0.15) is 0 Å². The van der Waals surface area contributed by atoms with Crippen LogP contribution in [-0.2, 0) is 0 Å². The summed E-state index contributed by atoms with van der Waals surface area (Å²) in [4.78, 5) is 0. The molecule has 0 bridgehead atoms. The van der Waals surface area contributed by atoms with Crippen LogP contribution in [0.15, 0.2) is 0 Å². The highest BCUT2D eigenvalue weighted by Crippen LogP contribution is 2.29. The highest BCUT2D eigenvalue weighted by atomic mass is 28.4. The summed E-state index contributed by atoms with van der Waals surface area (Å²) in [5.41, 5.74) is 0. The Kier molecular flexibility index (Phi) is 13.9. The number of nitrogens with one attached hydrogen (secondary N) is 1. The molecule has 0 atom stereocenters. The van der Waals surface area contributed by atoms with Gasteiger partial charge < -0.3 is 4.65 Å². The molecule has 0 saturated heterocycles. The Morgan fingerprint density at radius 1 is 0.478 bits per heavy atom. The molecule has 0 rings (SSSR count). The Morgan fingerprint density at radius 3 is 1.17 bits per heavy atom. The van der Waals surface area contributed by atoms with E-state index >= 15 is 0 Å². The van der Waals surface area contributed by atoms with Gasteiger partial charge in [-0.3, -0.25) is 0 Å². The van der Waals surface area contributed by atoms with E-state index in [1.807, 2.05) is 0 Å². The van der Waals surface area contributed by atoms with E-state index in [9.17, 15) is 0 Å². The molecule has 0 radical (unpaired) electrons. The lowest BCUT2D eigenvalue weighted by molar-refractivity contribution is 0.675. The number of hydrogen-bond donors (Lipinski definition) is 1. The van der Waals surface area contributed by atoms with Crippen LogP contribution in [0.25, 0.3) is 0 Å². The van der Waals surface area contributed by atoms with Gasteiger partial charge >= 0.3 is 0 Å². The van der Waals surface area contributed by atoms with Crippen LogP contribution >= 0.6 is 0 Å². The lowest BCUT2D eigenvalue weighted by atomic mass is 10.2. The van der Waals surface area contributed by atoms with Crippen LogP contribution in [0.5, 0.6) is 0 Å². The van der Waals surface area contributed by atoms with Gasteiger partial charge in [-0.15, -0.1) is 0 Å². The van der Waals surface area contributed by atoms with E-state index in [0.717, 1.165) is 0 Å². The van der Waals surface area contributed by atoms with Crippen molar-refractivity contribution in [2.24, 2.45) is 0 Å². The van der Waals surface area contributed by atoms with Crippen molar-refractivity contribution in [3.8, 4) is 0 Å². The summed E-state index contributed by atoms with van der Waals surface area (Å²) in [6.45, 7) is 14.5. The normalized spacial score (nSPS) is 12.8. The number of rotatable bonds is 16. The second kappa shape index (κ2) is 13.7. The number of unbranched alkanes of at least 4 members (excludes halogenated alkanes) is 6. The number of hydrogen-bond acceptors (Lipinski definition) is 1. The van der Waals surface area contributed by atoms with E-state index in [4.69, 9.17) is 0 Å². The lowest BCUT2D eigenvalue weighted by Gasteiger charge is -2.42. The van der Waals surface area contributed by atoms with E-state index in [1.54, 1.807) is 12.1 Å². The van der Waals surface area contributed by atoms with Gasteiger partial charge in [0.25, 0.3) is 0 Å². The molecule has 3 heteroatoms. The molecule has 1 nitrogen and oxygen atoms in total. The molecule has 23 heavy (non-hydrogen) atoms. The maximum absolute atomic E-state index is 4.51. The topological polar surface area (TPSA) is 12.0 Å². The first-order chi connectivity index (χ1) is 11.1. The van der Waals surface area contributed by atoms with Crippen LogP contribution in [0.2, 0.25) is 36.3 Å². The van der Waals surface area contributed by atoms with Crippen molar-refractivity contribution in [2.45, 2.75) is 129 Å². The quantitative estimate of drug-likeness (QED) is 0.220. The summed E-state index contributed by atoms with van der Waals surface area (Å²) in [5, 5.41) is 0. The van der Waals surface area contributed by atoms with Gasteiger partial charge in [0.05, 0.1) is 0 Å². The van der Waals surface area contributed by atoms with Gasteiger partial charge in [0, 0.05) is 0 Å². The summed E-state index contributed by atoms with van der Waals surface area (Å²) >= 11 is 0. The van der Waals surface area contributed by atoms with Crippen molar-refractivity contribution < 1.29 is 0 Å². The summed E-state index contributed by atoms with van der Waals surface area (Å²) < 4.78 is 4.51. The van der Waals surface area contributed by atoms with Gasteiger partial charge in [0.2, 0.25) is 0 Å². The van der Waals surface area contributed by atoms with Crippen LogP contribution in [-0.4, -0.2) is 16.5 Å². The first-order valence-corrected chi connectivity index (χ1v) is 16.1. The average molecular weight is 358 g/mol. The molecular weight excluding hydrogens is 310 g/mol. The fraction of sp³-hybridized carbons (Fsp3) is 1.00. The first kappa shape index (κ1) is 23.4. The zero-order chi connectivity index (χ0) is 17.6. The molecular formula is C20H47NSi2. The van der Waals surface area contributed by atoms with E-state index in [-0.39, 0.29) is 0 Å². The van der Waals surface area contributed by atoms with Crippen LogP contribution in [0.1, 0.15) is 92.9 Å². The molecule has 0 amide bonds. The van der Waals surface area contributed by atoms with Crippen molar-refractivity contribution in [1.82, 2.24) is 4.65 Å². The third kappa shape index (κ3) is 8.88. The average Bonchev–Trinajstić information content (AvgIpc) is 2.60. The predicted molar refractivity (Wildman–Crippen MR) is 114 cm³/mol. The standard InChI is InChI=1S/C20H47NSi2/c1-7-13-15-17-19-23(12-6,20-18-16-14-8-2)21-22(9-3,10-4)11-5/h21H,7-20H2,1-6H3. The molecule has 0 aliphatic carbocycles. The fourth-order valence-corrected chi connectivity index (χ4v) is 16.7. The van der Waals surface area contributed by atoms with Crippen molar-refractivity contribution in [3.05, 3.63) is 0 Å². The van der Waals surface area contributed by atoms with Gasteiger partial charge in [0.15, 0.2) is 0 Å². The SMILES string of the molecule is CCCCCC[Si](CC)(CCCCCC)N[Si](CC)(CC)CC. The minimum Gasteiger partial charge on any atom is -0.359 e. The molecule has 140 valence electrons. The molecule has 0 aromatic carbocycles. The third-order valence-corrected chi connectivity index (χ3v) is 18.5. The zero-order valence-corrected chi connectivity index (χ0v) is 19.4. The second-order valence-corrected chi connectivity index (χ2v) is 17.7. The van der Waals surface area contributed by atoms with Crippen molar-refractivity contribution in [2.75, 3.05) is 0 Å². The van der Waals surface area contributed by atoms with Crippen LogP contribution < -0.4 is 4.65 Å². The van der Waals surface area contributed by atoms with Crippen LogP contribution in [0.4, 0.5) is 0 Å². The molecule has 0 aliphatic heterocycles. The minimum absolute atomic E-state index is 1.20. The first-order valence-electron chi connectivity index (χ1n) is 10.9. The van der Waals surface area contributed by atoms with Crippen LogP contribution in [0.3, 0.4) is 0 Å². The Bertz CT molecular complexity index is 244. The second-order valence-electron chi connectivity index (χ2n) is 7.72. The Hall–Kier alpha value is 0.394. The molecule has 0 unspecified atom stereocenters. The van der Waals surface area contributed by atoms with E-state index in [0.29, 0.717) is 0 Å². The monoisotopic (exact) mass is 357 g/mol. The Labute approximate surface area is 150 Å². The van der Waals surface area contributed by atoms with Crippen molar-refractivity contribution in [1.29, 1.82) is 0 Å². The van der Waals surface area contributed by atoms with E-state index < -0.39 is 16.5 Å². The third-order valence-electron chi connectivity index (χ3n) is 6.26. The van der Waals surface area contributed by atoms with Gasteiger partial charge in [-0.1, -0.05) is 92.9 Å². The highest BCUT2D eigenvalue weighted by Gasteiger charge is 2.38. The Morgan fingerprint density at radius 2 is 0.870 bits per heavy atom. The zero-order valence-electron chi connectivity index (χ0n) is 17.4. The smallest absolute Gasteiger partial charge is 0.118 e. The van der Waals surface area contributed by atoms with Crippen molar-refractivity contribution in [3.63, 3.8) is 0 Å². The van der Waals surface area contributed by atoms with E-state index in [2.05, 4.69) is 46.2 Å². The van der Waals surface area contributed by atoms with Gasteiger partial charge in [-0.25, -0.2) is 0 Å². The molecule has 0 aromatic rings. The van der Waals surface area contributed by atoms with E-state index in [1.165, 1.54) is 75.5 Å².